The molecule has 0 aromatic heterocycles. The maximum atomic E-state index is 10.7. The maximum absolute atomic E-state index is 10.7. The second kappa shape index (κ2) is 7.48. The van der Waals surface area contributed by atoms with Gasteiger partial charge in [-0.1, -0.05) is 12.1 Å². The lowest BCUT2D eigenvalue weighted by Crippen LogP contribution is -1.87. The number of methoxy groups -OCH3 is 1. The van der Waals surface area contributed by atoms with Crippen molar-refractivity contribution >= 4 is 17.6 Å². The monoisotopic (exact) mass is 348 g/mol. The summed E-state index contributed by atoms with van der Waals surface area (Å²) in [6, 6.07) is 18.9. The van der Waals surface area contributed by atoms with E-state index in [0.29, 0.717) is 11.3 Å². The van der Waals surface area contributed by atoms with Gasteiger partial charge in [-0.25, -0.2) is 0 Å². The fourth-order valence-corrected chi connectivity index (χ4v) is 2.42. The van der Waals surface area contributed by atoms with Gasteiger partial charge in [-0.2, -0.15) is 0 Å². The normalized spacial score (nSPS) is 10.8. The molecule has 3 aromatic carbocycles. The Morgan fingerprint density at radius 1 is 1.00 bits per heavy atom. The molecule has 6 nitrogen and oxygen atoms in total. The molecule has 0 aliphatic carbocycles. The zero-order valence-electron chi connectivity index (χ0n) is 14.0. The third-order valence-corrected chi connectivity index (χ3v) is 3.87. The lowest BCUT2D eigenvalue weighted by Gasteiger charge is -2.03. The van der Waals surface area contributed by atoms with E-state index >= 15 is 0 Å². The lowest BCUT2D eigenvalue weighted by molar-refractivity contribution is -0.384. The number of aliphatic imine (C=N–C) groups is 1. The van der Waals surface area contributed by atoms with Gasteiger partial charge in [-0.3, -0.25) is 15.1 Å². The Kier molecular flexibility index (Phi) is 4.94. The van der Waals surface area contributed by atoms with Crippen molar-refractivity contribution in [2.75, 3.05) is 7.11 Å². The van der Waals surface area contributed by atoms with Crippen molar-refractivity contribution in [1.29, 1.82) is 0 Å². The molecule has 26 heavy (non-hydrogen) atoms. The van der Waals surface area contributed by atoms with E-state index in [0.717, 1.165) is 16.8 Å². The SMILES string of the molecule is COc1ccc(C=Nc2ccc(-c3ccc([N+](=O)[O-])cc3)cc2)c(O)c1. The smallest absolute Gasteiger partial charge is 0.269 e. The molecule has 0 unspecified atom stereocenters. The number of nitrogens with zero attached hydrogens (tertiary/aromatic N) is 2. The van der Waals surface area contributed by atoms with Gasteiger partial charge in [0.05, 0.1) is 17.7 Å². The molecule has 0 fully saturated rings. The van der Waals surface area contributed by atoms with Crippen LogP contribution >= 0.6 is 0 Å². The Morgan fingerprint density at radius 3 is 2.15 bits per heavy atom. The molecule has 0 spiro atoms. The number of non-ortho nitro benzene ring substituents is 1. The Morgan fingerprint density at radius 2 is 1.62 bits per heavy atom. The summed E-state index contributed by atoms with van der Waals surface area (Å²) in [7, 11) is 1.54. The number of hydrogen-bond acceptors (Lipinski definition) is 5. The first-order valence-corrected chi connectivity index (χ1v) is 7.83. The number of phenolic OH excluding ortho intramolecular Hbond substituents is 1. The van der Waals surface area contributed by atoms with Gasteiger partial charge in [0.1, 0.15) is 11.5 Å². The summed E-state index contributed by atoms with van der Waals surface area (Å²) in [6.07, 6.45) is 1.58. The van der Waals surface area contributed by atoms with Crippen LogP contribution in [-0.2, 0) is 0 Å². The largest absolute Gasteiger partial charge is 0.507 e. The molecule has 0 aliphatic heterocycles. The van der Waals surface area contributed by atoms with Crippen LogP contribution in [0.15, 0.2) is 71.7 Å². The third kappa shape index (κ3) is 3.87. The molecule has 3 aromatic rings. The topological polar surface area (TPSA) is 85.0 Å². The first-order chi connectivity index (χ1) is 12.6. The van der Waals surface area contributed by atoms with Crippen LogP contribution in [0.3, 0.4) is 0 Å². The van der Waals surface area contributed by atoms with Crippen molar-refractivity contribution in [3.63, 3.8) is 0 Å². The lowest BCUT2D eigenvalue weighted by atomic mass is 10.1. The minimum atomic E-state index is -0.420. The number of rotatable bonds is 5. The molecule has 0 radical (unpaired) electrons. The molecular weight excluding hydrogens is 332 g/mol. The van der Waals surface area contributed by atoms with Gasteiger partial charge in [0.2, 0.25) is 0 Å². The Hall–Kier alpha value is -3.67. The summed E-state index contributed by atoms with van der Waals surface area (Å²) in [5.41, 5.74) is 3.20. The molecule has 0 aliphatic rings. The summed E-state index contributed by atoms with van der Waals surface area (Å²) in [6.45, 7) is 0. The van der Waals surface area contributed by atoms with Crippen molar-refractivity contribution in [3.05, 3.63) is 82.4 Å². The van der Waals surface area contributed by atoms with Crippen molar-refractivity contribution < 1.29 is 14.8 Å². The van der Waals surface area contributed by atoms with E-state index in [1.54, 1.807) is 30.5 Å². The summed E-state index contributed by atoms with van der Waals surface area (Å²) in [5.74, 6) is 0.669. The molecule has 6 heteroatoms. The van der Waals surface area contributed by atoms with E-state index < -0.39 is 4.92 Å². The van der Waals surface area contributed by atoms with E-state index in [9.17, 15) is 15.2 Å². The van der Waals surface area contributed by atoms with Gasteiger partial charge in [0, 0.05) is 30.0 Å². The summed E-state index contributed by atoms with van der Waals surface area (Å²) < 4.78 is 5.05. The zero-order valence-corrected chi connectivity index (χ0v) is 14.0. The van der Waals surface area contributed by atoms with Crippen molar-refractivity contribution in [3.8, 4) is 22.6 Å². The highest BCUT2D eigenvalue weighted by atomic mass is 16.6. The number of benzene rings is 3. The van der Waals surface area contributed by atoms with E-state index in [2.05, 4.69) is 4.99 Å². The maximum Gasteiger partial charge on any atom is 0.269 e. The highest BCUT2D eigenvalue weighted by molar-refractivity contribution is 5.85. The van der Waals surface area contributed by atoms with Gasteiger partial charge in [0.15, 0.2) is 0 Å². The number of nitro groups is 1. The predicted molar refractivity (Wildman–Crippen MR) is 100 cm³/mol. The van der Waals surface area contributed by atoms with Crippen LogP contribution in [0.5, 0.6) is 11.5 Å². The average molecular weight is 348 g/mol. The molecule has 0 atom stereocenters. The second-order valence-electron chi connectivity index (χ2n) is 5.53. The molecule has 3 rings (SSSR count). The molecule has 0 heterocycles. The van der Waals surface area contributed by atoms with Crippen LogP contribution in [0.25, 0.3) is 11.1 Å². The summed E-state index contributed by atoms with van der Waals surface area (Å²) >= 11 is 0. The van der Waals surface area contributed by atoms with Crippen LogP contribution in [-0.4, -0.2) is 23.4 Å². The van der Waals surface area contributed by atoms with Gasteiger partial charge < -0.3 is 9.84 Å². The van der Waals surface area contributed by atoms with Gasteiger partial charge in [-0.15, -0.1) is 0 Å². The Bertz CT molecular complexity index is 949. The van der Waals surface area contributed by atoms with Crippen molar-refractivity contribution in [1.82, 2.24) is 0 Å². The fraction of sp³-hybridized carbons (Fsp3) is 0.0500. The fourth-order valence-electron chi connectivity index (χ4n) is 2.42. The molecule has 1 N–H and O–H groups in total. The standard InChI is InChI=1S/C20H16N2O4/c1-26-19-11-6-16(20(23)12-19)13-21-17-7-2-14(3-8-17)15-4-9-18(10-5-15)22(24)25/h2-13,23H,1H3. The molecule has 0 saturated heterocycles. The van der Waals surface area contributed by atoms with Gasteiger partial charge in [0.25, 0.3) is 5.69 Å². The van der Waals surface area contributed by atoms with E-state index in [1.807, 2.05) is 24.3 Å². The van der Waals surface area contributed by atoms with E-state index in [4.69, 9.17) is 4.74 Å². The average Bonchev–Trinajstić information content (AvgIpc) is 2.67. The van der Waals surface area contributed by atoms with Crippen molar-refractivity contribution in [2.24, 2.45) is 4.99 Å². The molecule has 130 valence electrons. The number of phenols is 1. The summed E-state index contributed by atoms with van der Waals surface area (Å²) in [4.78, 5) is 14.6. The van der Waals surface area contributed by atoms with E-state index in [1.165, 1.54) is 25.3 Å². The first-order valence-electron chi connectivity index (χ1n) is 7.83. The number of nitro benzene ring substituents is 1. The quantitative estimate of drug-likeness (QED) is 0.410. The minimum absolute atomic E-state index is 0.0641. The predicted octanol–water partition coefficient (Wildman–Crippen LogP) is 4.73. The van der Waals surface area contributed by atoms with Crippen LogP contribution < -0.4 is 4.74 Å². The second-order valence-corrected chi connectivity index (χ2v) is 5.53. The Balaban J connectivity index is 1.76. The van der Waals surface area contributed by atoms with Crippen molar-refractivity contribution in [2.45, 2.75) is 0 Å². The minimum Gasteiger partial charge on any atom is -0.507 e. The third-order valence-electron chi connectivity index (χ3n) is 3.87. The number of aromatic hydroxyl groups is 1. The zero-order chi connectivity index (χ0) is 18.5. The molecule has 0 amide bonds. The highest BCUT2D eigenvalue weighted by Gasteiger charge is 2.05. The van der Waals surface area contributed by atoms with Crippen LogP contribution in [0.1, 0.15) is 5.56 Å². The molecular formula is C20H16N2O4. The van der Waals surface area contributed by atoms with E-state index in [-0.39, 0.29) is 11.4 Å². The molecule has 0 saturated carbocycles. The van der Waals surface area contributed by atoms with Crippen LogP contribution in [0, 0.1) is 10.1 Å². The van der Waals surface area contributed by atoms with Crippen LogP contribution in [0.4, 0.5) is 11.4 Å². The number of ether oxygens (including phenoxy) is 1. The highest BCUT2D eigenvalue weighted by Crippen LogP contribution is 2.26. The van der Waals surface area contributed by atoms with Gasteiger partial charge in [-0.05, 0) is 47.5 Å². The Labute approximate surface area is 150 Å². The van der Waals surface area contributed by atoms with Gasteiger partial charge >= 0.3 is 0 Å². The number of hydrogen-bond donors (Lipinski definition) is 1. The van der Waals surface area contributed by atoms with Crippen LogP contribution in [0.2, 0.25) is 0 Å². The molecule has 0 bridgehead atoms. The first kappa shape index (κ1) is 17.2. The summed E-state index contributed by atoms with van der Waals surface area (Å²) in [5, 5.41) is 20.6.